The third kappa shape index (κ3) is 5.03. The first-order valence-electron chi connectivity index (χ1n) is 13.2. The van der Waals surface area contributed by atoms with Crippen LogP contribution in [0.3, 0.4) is 0 Å². The number of benzene rings is 3. The summed E-state index contributed by atoms with van der Waals surface area (Å²) in [6, 6.07) is 15.0. The van der Waals surface area contributed by atoms with Gasteiger partial charge in [-0.3, -0.25) is 14.5 Å². The Morgan fingerprint density at radius 3 is 2.45 bits per heavy atom. The van der Waals surface area contributed by atoms with Crippen LogP contribution in [-0.2, 0) is 6.18 Å². The monoisotopic (exact) mass is 551 g/mol. The summed E-state index contributed by atoms with van der Waals surface area (Å²) in [4.78, 5) is 28.7. The van der Waals surface area contributed by atoms with Crippen LogP contribution in [0.5, 0.6) is 11.5 Å². The van der Waals surface area contributed by atoms with Gasteiger partial charge in [-0.2, -0.15) is 13.2 Å². The summed E-state index contributed by atoms with van der Waals surface area (Å²) in [6.45, 7) is 4.73. The molecule has 208 valence electrons. The number of nitrogens with zero attached hydrogens (tertiary/aromatic N) is 1. The molecule has 6 nitrogen and oxygen atoms in total. The number of unbranched alkanes of at least 4 members (excludes halogenated alkanes) is 2. The number of fused-ring (bicyclic) bond motifs is 2. The van der Waals surface area contributed by atoms with Crippen molar-refractivity contribution in [1.29, 1.82) is 0 Å². The lowest BCUT2D eigenvalue weighted by Gasteiger charge is -2.26. The number of para-hydroxylation sites is 1. The number of carbonyl (C=O) groups is 1. The highest BCUT2D eigenvalue weighted by Crippen LogP contribution is 2.44. The van der Waals surface area contributed by atoms with E-state index in [1.807, 2.05) is 6.92 Å². The molecule has 0 saturated carbocycles. The number of halogens is 3. The maximum Gasteiger partial charge on any atom is 0.416 e. The van der Waals surface area contributed by atoms with E-state index in [1.165, 1.54) is 17.0 Å². The zero-order valence-corrected chi connectivity index (χ0v) is 22.1. The van der Waals surface area contributed by atoms with Crippen molar-refractivity contribution in [1.82, 2.24) is 0 Å². The number of anilines is 1. The molecule has 3 aromatic carbocycles. The summed E-state index contributed by atoms with van der Waals surface area (Å²) in [5, 5.41) is 0.269. The fraction of sp³-hybridized carbons (Fsp3) is 0.290. The van der Waals surface area contributed by atoms with Crippen molar-refractivity contribution < 1.29 is 31.9 Å². The molecule has 4 aromatic rings. The van der Waals surface area contributed by atoms with Gasteiger partial charge in [0.2, 0.25) is 5.76 Å². The van der Waals surface area contributed by atoms with E-state index in [2.05, 4.69) is 6.92 Å². The van der Waals surface area contributed by atoms with Crippen molar-refractivity contribution in [3.8, 4) is 11.5 Å². The van der Waals surface area contributed by atoms with Crippen LogP contribution in [0.2, 0.25) is 0 Å². The summed E-state index contributed by atoms with van der Waals surface area (Å²) in [5.74, 6) is -0.00188. The summed E-state index contributed by atoms with van der Waals surface area (Å²) in [6.07, 6.45) is -1.70. The van der Waals surface area contributed by atoms with Crippen molar-refractivity contribution in [2.75, 3.05) is 18.1 Å². The van der Waals surface area contributed by atoms with Gasteiger partial charge in [0.05, 0.1) is 35.8 Å². The number of amides is 1. The summed E-state index contributed by atoms with van der Waals surface area (Å²) in [7, 11) is 0. The van der Waals surface area contributed by atoms with Gasteiger partial charge < -0.3 is 13.9 Å². The highest BCUT2D eigenvalue weighted by molar-refractivity contribution is 6.10. The second-order valence-corrected chi connectivity index (χ2v) is 9.49. The van der Waals surface area contributed by atoms with Crippen molar-refractivity contribution >= 4 is 22.6 Å². The first kappa shape index (κ1) is 27.3. The molecular weight excluding hydrogens is 523 g/mol. The zero-order valence-electron chi connectivity index (χ0n) is 22.1. The van der Waals surface area contributed by atoms with Crippen LogP contribution in [0.1, 0.15) is 66.4 Å². The normalized spacial score (nSPS) is 15.0. The molecule has 0 aliphatic carbocycles. The smallest absolute Gasteiger partial charge is 0.416 e. The van der Waals surface area contributed by atoms with Crippen LogP contribution in [0.25, 0.3) is 11.0 Å². The van der Waals surface area contributed by atoms with E-state index in [0.717, 1.165) is 31.4 Å². The Kier molecular flexibility index (Phi) is 7.56. The lowest BCUT2D eigenvalue weighted by Crippen LogP contribution is -2.29. The molecule has 0 fully saturated rings. The number of hydrogen-bond acceptors (Lipinski definition) is 5. The molecule has 40 heavy (non-hydrogen) atoms. The van der Waals surface area contributed by atoms with Gasteiger partial charge in [0.1, 0.15) is 5.58 Å². The Bertz CT molecular complexity index is 1610. The van der Waals surface area contributed by atoms with Crippen molar-refractivity contribution in [3.63, 3.8) is 0 Å². The topological polar surface area (TPSA) is 69.0 Å². The lowest BCUT2D eigenvalue weighted by atomic mass is 9.97. The molecule has 1 aromatic heterocycles. The minimum atomic E-state index is -4.62. The predicted molar refractivity (Wildman–Crippen MR) is 145 cm³/mol. The zero-order chi connectivity index (χ0) is 28.4. The molecule has 0 saturated heterocycles. The van der Waals surface area contributed by atoms with E-state index in [9.17, 15) is 22.8 Å². The predicted octanol–water partition coefficient (Wildman–Crippen LogP) is 7.53. The van der Waals surface area contributed by atoms with Crippen LogP contribution >= 0.6 is 0 Å². The molecule has 1 unspecified atom stereocenters. The van der Waals surface area contributed by atoms with Crippen LogP contribution < -0.4 is 19.8 Å². The fourth-order valence-corrected chi connectivity index (χ4v) is 4.95. The van der Waals surface area contributed by atoms with Gasteiger partial charge in [-0.15, -0.1) is 0 Å². The van der Waals surface area contributed by atoms with Crippen molar-refractivity contribution in [2.24, 2.45) is 0 Å². The fourth-order valence-electron chi connectivity index (χ4n) is 4.95. The number of carbonyl (C=O) groups excluding carboxylic acids is 1. The third-order valence-corrected chi connectivity index (χ3v) is 6.82. The minimum absolute atomic E-state index is 0.0162. The molecule has 2 heterocycles. The quantitative estimate of drug-likeness (QED) is 0.201. The van der Waals surface area contributed by atoms with E-state index in [0.29, 0.717) is 30.3 Å². The van der Waals surface area contributed by atoms with Gasteiger partial charge in [0.15, 0.2) is 16.9 Å². The Hall–Kier alpha value is -4.27. The SMILES string of the molecule is CCCCCOc1ccc(C2c3c(oc4ccccc4c3=O)C(=O)N2c2cccc(C(F)(F)F)c2)cc1OCC. The molecule has 0 spiro atoms. The van der Waals surface area contributed by atoms with E-state index >= 15 is 0 Å². The largest absolute Gasteiger partial charge is 0.490 e. The summed E-state index contributed by atoms with van der Waals surface area (Å²) >= 11 is 0. The molecule has 1 aliphatic rings. The average molecular weight is 552 g/mol. The van der Waals surface area contributed by atoms with Gasteiger partial charge in [0.25, 0.3) is 5.91 Å². The number of ether oxygens (including phenoxy) is 2. The van der Waals surface area contributed by atoms with E-state index < -0.39 is 29.1 Å². The van der Waals surface area contributed by atoms with Gasteiger partial charge in [-0.05, 0) is 61.4 Å². The van der Waals surface area contributed by atoms with Crippen LogP contribution in [0.4, 0.5) is 18.9 Å². The molecule has 9 heteroatoms. The van der Waals surface area contributed by atoms with E-state index in [4.69, 9.17) is 13.9 Å². The van der Waals surface area contributed by atoms with Crippen molar-refractivity contribution in [3.05, 3.63) is 99.4 Å². The molecule has 0 radical (unpaired) electrons. The lowest BCUT2D eigenvalue weighted by molar-refractivity contribution is -0.137. The highest BCUT2D eigenvalue weighted by atomic mass is 19.4. The molecule has 0 N–H and O–H groups in total. The molecular formula is C31H28F3NO5. The second-order valence-electron chi connectivity index (χ2n) is 9.49. The van der Waals surface area contributed by atoms with E-state index in [-0.39, 0.29) is 28.0 Å². The highest BCUT2D eigenvalue weighted by Gasteiger charge is 2.44. The van der Waals surface area contributed by atoms with Gasteiger partial charge in [-0.25, -0.2) is 0 Å². The van der Waals surface area contributed by atoms with Crippen LogP contribution in [0.15, 0.2) is 75.9 Å². The summed E-state index contributed by atoms with van der Waals surface area (Å²) < 4.78 is 58.5. The molecule has 0 bridgehead atoms. The van der Waals surface area contributed by atoms with Crippen LogP contribution in [0, 0.1) is 0 Å². The molecule has 1 atom stereocenters. The molecule has 1 amide bonds. The van der Waals surface area contributed by atoms with Crippen LogP contribution in [-0.4, -0.2) is 19.1 Å². The Balaban J connectivity index is 1.68. The molecule has 5 rings (SSSR count). The minimum Gasteiger partial charge on any atom is -0.490 e. The number of alkyl halides is 3. The number of hydrogen-bond donors (Lipinski definition) is 0. The van der Waals surface area contributed by atoms with E-state index in [1.54, 1.807) is 42.5 Å². The van der Waals surface area contributed by atoms with Gasteiger partial charge in [0, 0.05) is 5.69 Å². The molecule has 1 aliphatic heterocycles. The number of rotatable bonds is 9. The first-order valence-corrected chi connectivity index (χ1v) is 13.2. The maximum atomic E-state index is 13.8. The van der Waals surface area contributed by atoms with Crippen molar-refractivity contribution in [2.45, 2.75) is 45.3 Å². The van der Waals surface area contributed by atoms with Gasteiger partial charge >= 0.3 is 6.18 Å². The third-order valence-electron chi connectivity index (χ3n) is 6.82. The Morgan fingerprint density at radius 2 is 1.70 bits per heavy atom. The Morgan fingerprint density at radius 1 is 0.900 bits per heavy atom. The average Bonchev–Trinajstić information content (AvgIpc) is 3.24. The maximum absolute atomic E-state index is 13.8. The standard InChI is InChI=1S/C31H28F3NO5/c1-3-5-8-16-39-24-15-14-19(17-25(24)38-4-2)27-26-28(36)22-12-6-7-13-23(22)40-29(26)30(37)35(27)21-11-9-10-20(18-21)31(32,33)34/h6-7,9-15,17-18,27H,3-5,8,16H2,1-2H3. The Labute approximate surface area is 228 Å². The summed E-state index contributed by atoms with van der Waals surface area (Å²) in [5.41, 5.74) is -0.616. The first-order chi connectivity index (χ1) is 19.2. The van der Waals surface area contributed by atoms with Gasteiger partial charge in [-0.1, -0.05) is 44.0 Å². The second kappa shape index (κ2) is 11.1.